The molecular weight excluding hydrogens is 265 g/mol. The summed E-state index contributed by atoms with van der Waals surface area (Å²) >= 11 is 0. The van der Waals surface area contributed by atoms with Crippen LogP contribution in [0.2, 0.25) is 0 Å². The van der Waals surface area contributed by atoms with Gasteiger partial charge < -0.3 is 4.90 Å². The van der Waals surface area contributed by atoms with E-state index in [4.69, 9.17) is 0 Å². The molecule has 110 valence electrons. The van der Waals surface area contributed by atoms with Crippen molar-refractivity contribution in [1.29, 1.82) is 0 Å². The minimum absolute atomic E-state index is 0.00787. The normalized spacial score (nSPS) is 20.2. The number of alkyl halides is 3. The molecule has 1 saturated heterocycles. The van der Waals surface area contributed by atoms with Crippen molar-refractivity contribution in [1.82, 2.24) is 10.4 Å². The zero-order valence-corrected chi connectivity index (χ0v) is 10.8. The second-order valence-electron chi connectivity index (χ2n) is 4.96. The van der Waals surface area contributed by atoms with Crippen LogP contribution in [-0.2, 0) is 14.4 Å². The van der Waals surface area contributed by atoms with Crippen molar-refractivity contribution in [2.45, 2.75) is 26.4 Å². The summed E-state index contributed by atoms with van der Waals surface area (Å²) in [5.41, 5.74) is 1.74. The lowest BCUT2D eigenvalue weighted by Crippen LogP contribution is -2.36. The van der Waals surface area contributed by atoms with Crippen LogP contribution >= 0.6 is 0 Å². The fourth-order valence-corrected chi connectivity index (χ4v) is 1.84. The molecule has 0 radical (unpaired) electrons. The number of hydroxylamine groups is 1. The van der Waals surface area contributed by atoms with E-state index in [0.717, 1.165) is 0 Å². The molecule has 1 N–H and O–H groups in total. The van der Waals surface area contributed by atoms with Crippen LogP contribution in [0.3, 0.4) is 0 Å². The summed E-state index contributed by atoms with van der Waals surface area (Å²) in [4.78, 5) is 28.7. The van der Waals surface area contributed by atoms with Crippen molar-refractivity contribution in [3.8, 4) is 0 Å². The summed E-state index contributed by atoms with van der Waals surface area (Å²) in [5.74, 6) is -1.24. The number of hydrogen-bond donors (Lipinski definition) is 1. The molecule has 1 heterocycles. The molecule has 1 unspecified atom stereocenters. The summed E-state index contributed by atoms with van der Waals surface area (Å²) < 4.78 is 35.4. The number of nitrogens with one attached hydrogen (secondary N) is 1. The molecule has 0 aromatic rings. The fourth-order valence-electron chi connectivity index (χ4n) is 1.84. The standard InChI is InChI=1S/C11H17F3N2O3/c1-7(2)4-16-5-8(3-9(16)17)10(18)15-19-6-11(12,13)14/h7-8H,3-6H2,1-2H3,(H,15,18). The van der Waals surface area contributed by atoms with Gasteiger partial charge in [0, 0.05) is 19.5 Å². The maximum atomic E-state index is 11.8. The lowest BCUT2D eigenvalue weighted by molar-refractivity contribution is -0.192. The van der Waals surface area contributed by atoms with Gasteiger partial charge in [-0.05, 0) is 5.92 Å². The number of carbonyl (C=O) groups is 2. The minimum atomic E-state index is -4.50. The number of rotatable bonds is 5. The molecule has 19 heavy (non-hydrogen) atoms. The Bertz CT molecular complexity index is 345. The molecule has 1 fully saturated rings. The predicted molar refractivity (Wildman–Crippen MR) is 59.7 cm³/mol. The Hall–Kier alpha value is -1.31. The first-order valence-corrected chi connectivity index (χ1v) is 5.95. The van der Waals surface area contributed by atoms with Crippen molar-refractivity contribution < 1.29 is 27.6 Å². The van der Waals surface area contributed by atoms with Gasteiger partial charge in [0.25, 0.3) is 0 Å². The Balaban J connectivity index is 2.37. The Morgan fingerprint density at radius 1 is 1.53 bits per heavy atom. The van der Waals surface area contributed by atoms with Crippen LogP contribution in [0.5, 0.6) is 0 Å². The average Bonchev–Trinajstić information content (AvgIpc) is 2.57. The Morgan fingerprint density at radius 3 is 2.68 bits per heavy atom. The van der Waals surface area contributed by atoms with E-state index < -0.39 is 24.6 Å². The van der Waals surface area contributed by atoms with E-state index in [9.17, 15) is 22.8 Å². The molecule has 0 saturated carbocycles. The Morgan fingerprint density at radius 2 is 2.16 bits per heavy atom. The third-order valence-corrected chi connectivity index (χ3v) is 2.58. The summed E-state index contributed by atoms with van der Waals surface area (Å²) in [6.45, 7) is 3.08. The third-order valence-electron chi connectivity index (χ3n) is 2.58. The highest BCUT2D eigenvalue weighted by Crippen LogP contribution is 2.19. The maximum absolute atomic E-state index is 11.8. The second-order valence-corrected chi connectivity index (χ2v) is 4.96. The number of halogens is 3. The molecule has 1 atom stereocenters. The first kappa shape index (κ1) is 15.7. The van der Waals surface area contributed by atoms with E-state index in [-0.39, 0.29) is 24.8 Å². The molecule has 1 aliphatic rings. The first-order chi connectivity index (χ1) is 8.69. The molecule has 8 heteroatoms. The van der Waals surface area contributed by atoms with Gasteiger partial charge in [-0.25, -0.2) is 5.48 Å². The number of carbonyl (C=O) groups excluding carboxylic acids is 2. The molecule has 0 spiro atoms. The first-order valence-electron chi connectivity index (χ1n) is 5.95. The molecule has 5 nitrogen and oxygen atoms in total. The van der Waals surface area contributed by atoms with E-state index in [1.165, 1.54) is 0 Å². The van der Waals surface area contributed by atoms with Crippen LogP contribution in [0.4, 0.5) is 13.2 Å². The highest BCUT2D eigenvalue weighted by atomic mass is 19.4. The van der Waals surface area contributed by atoms with Gasteiger partial charge in [0.15, 0.2) is 6.61 Å². The SMILES string of the molecule is CC(C)CN1CC(C(=O)NOCC(F)(F)F)CC1=O. The zero-order valence-electron chi connectivity index (χ0n) is 10.8. The summed E-state index contributed by atoms with van der Waals surface area (Å²) in [6, 6.07) is 0. The molecule has 0 bridgehead atoms. The van der Waals surface area contributed by atoms with Crippen molar-refractivity contribution in [3.05, 3.63) is 0 Å². The number of amides is 2. The van der Waals surface area contributed by atoms with Crippen LogP contribution in [0, 0.1) is 11.8 Å². The van der Waals surface area contributed by atoms with E-state index in [1.807, 2.05) is 13.8 Å². The largest absolute Gasteiger partial charge is 0.414 e. The third kappa shape index (κ3) is 5.46. The van der Waals surface area contributed by atoms with Crippen LogP contribution in [0.15, 0.2) is 0 Å². The molecule has 0 aliphatic carbocycles. The van der Waals surface area contributed by atoms with Gasteiger partial charge in [-0.2, -0.15) is 13.2 Å². The van der Waals surface area contributed by atoms with Gasteiger partial charge >= 0.3 is 6.18 Å². The molecule has 2 amide bonds. The summed E-state index contributed by atoms with van der Waals surface area (Å²) in [6.07, 6.45) is -4.49. The van der Waals surface area contributed by atoms with Crippen LogP contribution in [-0.4, -0.2) is 42.6 Å². The average molecular weight is 282 g/mol. The molecule has 1 rings (SSSR count). The van der Waals surface area contributed by atoms with Gasteiger partial charge in [-0.1, -0.05) is 13.8 Å². The molecule has 1 aliphatic heterocycles. The van der Waals surface area contributed by atoms with Crippen molar-refractivity contribution in [3.63, 3.8) is 0 Å². The van der Waals surface area contributed by atoms with Gasteiger partial charge in [0.1, 0.15) is 0 Å². The van der Waals surface area contributed by atoms with Gasteiger partial charge in [0.2, 0.25) is 11.8 Å². The zero-order chi connectivity index (χ0) is 14.6. The van der Waals surface area contributed by atoms with Crippen molar-refractivity contribution in [2.24, 2.45) is 11.8 Å². The minimum Gasteiger partial charge on any atom is -0.342 e. The summed E-state index contributed by atoms with van der Waals surface area (Å²) in [5, 5.41) is 0. The monoisotopic (exact) mass is 282 g/mol. The van der Waals surface area contributed by atoms with Crippen LogP contribution in [0.25, 0.3) is 0 Å². The van der Waals surface area contributed by atoms with Gasteiger partial charge in [0.05, 0.1) is 5.92 Å². The van der Waals surface area contributed by atoms with E-state index in [2.05, 4.69) is 4.84 Å². The molecule has 0 aromatic heterocycles. The number of likely N-dealkylation sites (tertiary alicyclic amines) is 1. The smallest absolute Gasteiger partial charge is 0.342 e. The topological polar surface area (TPSA) is 58.6 Å². The van der Waals surface area contributed by atoms with Crippen LogP contribution < -0.4 is 5.48 Å². The van der Waals surface area contributed by atoms with Gasteiger partial charge in [-0.15, -0.1) is 0 Å². The van der Waals surface area contributed by atoms with Crippen molar-refractivity contribution >= 4 is 11.8 Å². The number of nitrogens with zero attached hydrogens (tertiary/aromatic N) is 1. The van der Waals surface area contributed by atoms with E-state index >= 15 is 0 Å². The van der Waals surface area contributed by atoms with E-state index in [1.54, 1.807) is 10.4 Å². The van der Waals surface area contributed by atoms with Gasteiger partial charge in [-0.3, -0.25) is 14.4 Å². The second kappa shape index (κ2) is 6.23. The highest BCUT2D eigenvalue weighted by Gasteiger charge is 2.35. The van der Waals surface area contributed by atoms with E-state index in [0.29, 0.717) is 6.54 Å². The lowest BCUT2D eigenvalue weighted by Gasteiger charge is -2.18. The van der Waals surface area contributed by atoms with Crippen LogP contribution in [0.1, 0.15) is 20.3 Å². The Kier molecular flexibility index (Phi) is 5.16. The summed E-state index contributed by atoms with van der Waals surface area (Å²) in [7, 11) is 0. The molecular formula is C11H17F3N2O3. The molecule has 0 aromatic carbocycles. The van der Waals surface area contributed by atoms with Crippen molar-refractivity contribution in [2.75, 3.05) is 19.7 Å². The fraction of sp³-hybridized carbons (Fsp3) is 0.818. The Labute approximate surface area is 109 Å². The highest BCUT2D eigenvalue weighted by molar-refractivity contribution is 5.88. The maximum Gasteiger partial charge on any atom is 0.414 e. The predicted octanol–water partition coefficient (Wildman–Crippen LogP) is 1.10. The number of hydrogen-bond acceptors (Lipinski definition) is 3. The quantitative estimate of drug-likeness (QED) is 0.768. The lowest BCUT2D eigenvalue weighted by atomic mass is 10.1.